The van der Waals surface area contributed by atoms with Crippen LogP contribution in [0.25, 0.3) is 22.4 Å². The molecule has 0 bridgehead atoms. The largest absolute Gasteiger partial charge is 0.378 e. The molecule has 0 spiro atoms. The van der Waals surface area contributed by atoms with Gasteiger partial charge in [-0.2, -0.15) is 0 Å². The Bertz CT molecular complexity index is 1270. The van der Waals surface area contributed by atoms with Crippen LogP contribution in [0, 0.1) is 5.41 Å². The molecule has 0 fully saturated rings. The lowest BCUT2D eigenvalue weighted by molar-refractivity contribution is 0.102. The summed E-state index contributed by atoms with van der Waals surface area (Å²) >= 11 is 0. The van der Waals surface area contributed by atoms with E-state index >= 15 is 0 Å². The van der Waals surface area contributed by atoms with Gasteiger partial charge < -0.3 is 25.9 Å². The van der Waals surface area contributed by atoms with E-state index in [1.54, 1.807) is 12.3 Å². The highest BCUT2D eigenvalue weighted by molar-refractivity contribution is 6.05. The highest BCUT2D eigenvalue weighted by atomic mass is 16.1. The van der Waals surface area contributed by atoms with E-state index in [9.17, 15) is 4.79 Å². The molecule has 32 heavy (non-hydrogen) atoms. The quantitative estimate of drug-likeness (QED) is 0.310. The summed E-state index contributed by atoms with van der Waals surface area (Å²) < 4.78 is 0. The molecule has 4 N–H and O–H groups in total. The van der Waals surface area contributed by atoms with Crippen LogP contribution >= 0.6 is 0 Å². The minimum absolute atomic E-state index is 0.158. The molecule has 7 heteroatoms. The zero-order valence-electron chi connectivity index (χ0n) is 17.9. The Morgan fingerprint density at radius 1 is 1.00 bits per heavy atom. The van der Waals surface area contributed by atoms with Crippen LogP contribution in [-0.4, -0.2) is 36.2 Å². The van der Waals surface area contributed by atoms with Crippen molar-refractivity contribution in [2.45, 2.75) is 0 Å². The predicted molar refractivity (Wildman–Crippen MR) is 132 cm³/mol. The van der Waals surface area contributed by atoms with Gasteiger partial charge in [0.05, 0.1) is 11.0 Å². The van der Waals surface area contributed by atoms with Crippen molar-refractivity contribution < 1.29 is 4.79 Å². The van der Waals surface area contributed by atoms with Crippen molar-refractivity contribution in [3.05, 3.63) is 84.6 Å². The van der Waals surface area contributed by atoms with Gasteiger partial charge in [0.2, 0.25) is 0 Å². The average Bonchev–Trinajstić information content (AvgIpc) is 3.23. The van der Waals surface area contributed by atoms with Crippen molar-refractivity contribution in [3.8, 4) is 11.4 Å². The van der Waals surface area contributed by atoms with Crippen LogP contribution in [0.2, 0.25) is 0 Å². The van der Waals surface area contributed by atoms with Gasteiger partial charge in [0.1, 0.15) is 5.82 Å². The molecule has 0 aliphatic rings. The van der Waals surface area contributed by atoms with Crippen molar-refractivity contribution in [2.24, 2.45) is 0 Å². The second-order valence-electron chi connectivity index (χ2n) is 7.46. The molecular weight excluding hydrogens is 400 g/mol. The van der Waals surface area contributed by atoms with Crippen molar-refractivity contribution >= 4 is 40.2 Å². The van der Waals surface area contributed by atoms with E-state index in [2.05, 4.69) is 20.6 Å². The summed E-state index contributed by atoms with van der Waals surface area (Å²) in [4.78, 5) is 22.6. The van der Waals surface area contributed by atoms with Gasteiger partial charge in [-0.25, -0.2) is 4.98 Å². The van der Waals surface area contributed by atoms with Gasteiger partial charge in [-0.15, -0.1) is 0 Å². The molecule has 4 aromatic rings. The lowest BCUT2D eigenvalue weighted by Crippen LogP contribution is -2.13. The topological polar surface area (TPSA) is 96.9 Å². The first-order valence-electron chi connectivity index (χ1n) is 10.1. The molecule has 7 nitrogen and oxygen atoms in total. The number of anilines is 3. The summed E-state index contributed by atoms with van der Waals surface area (Å²) in [5.74, 6) is 0.596. The summed E-state index contributed by atoms with van der Waals surface area (Å²) in [7, 11) is 3.93. The van der Waals surface area contributed by atoms with Gasteiger partial charge in [-0.1, -0.05) is 0 Å². The Hall–Kier alpha value is -4.39. The molecular formula is C25H24N6O. The van der Waals surface area contributed by atoms with E-state index < -0.39 is 0 Å². The smallest absolute Gasteiger partial charge is 0.255 e. The Balaban J connectivity index is 1.49. The first-order valence-corrected chi connectivity index (χ1v) is 10.1. The molecule has 0 saturated heterocycles. The van der Waals surface area contributed by atoms with Gasteiger partial charge in [0.25, 0.3) is 5.91 Å². The number of H-pyrrole nitrogens is 1. The fourth-order valence-electron chi connectivity index (χ4n) is 3.26. The Kier molecular flexibility index (Phi) is 5.98. The predicted octanol–water partition coefficient (Wildman–Crippen LogP) is 5.12. The number of hydrogen-bond donors (Lipinski definition) is 4. The molecule has 0 saturated carbocycles. The van der Waals surface area contributed by atoms with Crippen LogP contribution in [0.15, 0.2) is 79.0 Å². The number of carbonyl (C=O) groups excluding carboxylic acids is 1. The molecule has 0 aliphatic heterocycles. The number of aromatic nitrogens is 2. The summed E-state index contributed by atoms with van der Waals surface area (Å²) in [6.07, 6.45) is 4.53. The molecule has 1 aromatic heterocycles. The first-order chi connectivity index (χ1) is 15.5. The highest BCUT2D eigenvalue weighted by Gasteiger charge is 2.10. The number of carbonyl (C=O) groups is 1. The fourth-order valence-corrected chi connectivity index (χ4v) is 3.26. The maximum atomic E-state index is 12.6. The van der Waals surface area contributed by atoms with Crippen LogP contribution in [0.4, 0.5) is 17.1 Å². The average molecular weight is 425 g/mol. The summed E-state index contributed by atoms with van der Waals surface area (Å²) in [5.41, 5.74) is 5.89. The maximum absolute atomic E-state index is 12.6. The standard InChI is InChI=1S/C25H24N6O/c1-31(2)21-11-6-18(7-12-21)25(32)28-20-10-13-22-23(16-20)30-24(29-22)17-4-8-19(9-5-17)27-15-3-14-26/h3-16,26-27H,1-2H3,(H,28,32)(H,29,30)/b15-3-,26-14?. The van der Waals surface area contributed by atoms with Crippen LogP contribution in [-0.2, 0) is 0 Å². The molecule has 0 radical (unpaired) electrons. The molecule has 4 rings (SSSR count). The zero-order valence-corrected chi connectivity index (χ0v) is 17.9. The number of nitrogens with one attached hydrogen (secondary N) is 4. The third kappa shape index (κ3) is 4.67. The molecule has 0 aliphatic carbocycles. The molecule has 3 aromatic carbocycles. The third-order valence-electron chi connectivity index (χ3n) is 4.99. The molecule has 1 heterocycles. The number of fused-ring (bicyclic) bond motifs is 1. The van der Waals surface area contributed by atoms with Crippen LogP contribution in [0.5, 0.6) is 0 Å². The Morgan fingerprint density at radius 3 is 2.41 bits per heavy atom. The van der Waals surface area contributed by atoms with E-state index in [-0.39, 0.29) is 5.91 Å². The highest BCUT2D eigenvalue weighted by Crippen LogP contribution is 2.24. The molecule has 0 unspecified atom stereocenters. The Labute approximate surface area is 186 Å². The number of allylic oxidation sites excluding steroid dienone is 1. The Morgan fingerprint density at radius 2 is 1.72 bits per heavy atom. The van der Waals surface area contributed by atoms with Gasteiger partial charge in [0, 0.05) is 54.7 Å². The molecule has 0 atom stereocenters. The number of aromatic amines is 1. The van der Waals surface area contributed by atoms with Crippen LogP contribution < -0.4 is 15.5 Å². The SMILES string of the molecule is CN(C)c1ccc(C(=O)Nc2ccc3nc(-c4ccc(N/C=C\C=N)cc4)[nH]c3c2)cc1. The van der Waals surface area contributed by atoms with E-state index in [0.29, 0.717) is 11.3 Å². The minimum atomic E-state index is -0.158. The minimum Gasteiger partial charge on any atom is -0.378 e. The van der Waals surface area contributed by atoms with Crippen LogP contribution in [0.1, 0.15) is 10.4 Å². The van der Waals surface area contributed by atoms with Crippen molar-refractivity contribution in [1.29, 1.82) is 5.41 Å². The van der Waals surface area contributed by atoms with Gasteiger partial charge in [-0.05, 0) is 72.8 Å². The van der Waals surface area contributed by atoms with Gasteiger partial charge in [0.15, 0.2) is 0 Å². The summed E-state index contributed by atoms with van der Waals surface area (Å²) in [6, 6.07) is 20.9. The zero-order chi connectivity index (χ0) is 22.5. The maximum Gasteiger partial charge on any atom is 0.255 e. The van der Waals surface area contributed by atoms with E-state index in [0.717, 1.165) is 33.8 Å². The van der Waals surface area contributed by atoms with Gasteiger partial charge in [-0.3, -0.25) is 4.79 Å². The van der Waals surface area contributed by atoms with Crippen molar-refractivity contribution in [3.63, 3.8) is 0 Å². The van der Waals surface area contributed by atoms with E-state index in [4.69, 9.17) is 5.41 Å². The lowest BCUT2D eigenvalue weighted by atomic mass is 10.2. The van der Waals surface area contributed by atoms with Gasteiger partial charge >= 0.3 is 0 Å². The van der Waals surface area contributed by atoms with E-state index in [1.165, 1.54) is 6.21 Å². The number of nitrogens with zero attached hydrogens (tertiary/aromatic N) is 2. The van der Waals surface area contributed by atoms with Crippen LogP contribution in [0.3, 0.4) is 0 Å². The second-order valence-corrected chi connectivity index (χ2v) is 7.46. The summed E-state index contributed by atoms with van der Waals surface area (Å²) in [5, 5.41) is 13.0. The first kappa shape index (κ1) is 20.9. The number of rotatable bonds is 7. The van der Waals surface area contributed by atoms with Crippen molar-refractivity contribution in [1.82, 2.24) is 9.97 Å². The third-order valence-corrected chi connectivity index (χ3v) is 4.99. The van der Waals surface area contributed by atoms with Crippen molar-refractivity contribution in [2.75, 3.05) is 29.6 Å². The number of amides is 1. The second kappa shape index (κ2) is 9.18. The molecule has 1 amide bonds. The fraction of sp³-hybridized carbons (Fsp3) is 0.0800. The number of hydrogen-bond acceptors (Lipinski definition) is 5. The van der Waals surface area contributed by atoms with E-state index in [1.807, 2.05) is 85.7 Å². The monoisotopic (exact) mass is 424 g/mol. The number of benzene rings is 3. The number of imidazole rings is 1. The molecule has 160 valence electrons. The summed E-state index contributed by atoms with van der Waals surface area (Å²) in [6.45, 7) is 0. The lowest BCUT2D eigenvalue weighted by Gasteiger charge is -2.12. The normalized spacial score (nSPS) is 10.9.